The Bertz CT molecular complexity index is 1510. The molecule has 1 fully saturated rings. The molecule has 0 atom stereocenters. The summed E-state index contributed by atoms with van der Waals surface area (Å²) < 4.78 is 66.1. The number of hydrogen-bond donors (Lipinski definition) is 0. The minimum absolute atomic E-state index is 0.0387. The highest BCUT2D eigenvalue weighted by Crippen LogP contribution is 2.45. The molecule has 42 heavy (non-hydrogen) atoms. The smallest absolute Gasteiger partial charge is 0.416 e. The molecule has 3 aromatic rings. The number of benzene rings is 3. The Kier molecular flexibility index (Phi) is 8.66. The number of nitrogens with zero attached hydrogens (tertiary/aromatic N) is 1. The van der Waals surface area contributed by atoms with Crippen LogP contribution >= 0.6 is 0 Å². The summed E-state index contributed by atoms with van der Waals surface area (Å²) in [6, 6.07) is 14.3. The van der Waals surface area contributed by atoms with Gasteiger partial charge in [0.1, 0.15) is 18.2 Å². The predicted octanol–water partition coefficient (Wildman–Crippen LogP) is 8.21. The van der Waals surface area contributed by atoms with Gasteiger partial charge < -0.3 is 14.4 Å². The molecule has 5 nitrogen and oxygen atoms in total. The Morgan fingerprint density at radius 3 is 2.38 bits per heavy atom. The first-order valence-electron chi connectivity index (χ1n) is 14.1. The van der Waals surface area contributed by atoms with Crippen molar-refractivity contribution in [2.45, 2.75) is 58.2 Å². The molecule has 1 amide bonds. The third-order valence-electron chi connectivity index (χ3n) is 7.57. The zero-order chi connectivity index (χ0) is 29.9. The minimum Gasteiger partial charge on any atom is -0.488 e. The summed E-state index contributed by atoms with van der Waals surface area (Å²) in [6.45, 7) is 2.44. The number of allylic oxidation sites excluding steroid dienone is 2. The summed E-state index contributed by atoms with van der Waals surface area (Å²) in [5, 5.41) is 0. The molecule has 1 saturated heterocycles. The van der Waals surface area contributed by atoms with Crippen molar-refractivity contribution in [1.29, 1.82) is 0 Å². The molecule has 1 aliphatic carbocycles. The molecule has 1 aliphatic heterocycles. The number of alkyl halides is 3. The number of carbonyl (C=O) groups is 2. The van der Waals surface area contributed by atoms with Crippen molar-refractivity contribution in [3.05, 3.63) is 94.3 Å². The maximum Gasteiger partial charge on any atom is 0.416 e. The second kappa shape index (κ2) is 12.4. The third-order valence-corrected chi connectivity index (χ3v) is 7.57. The van der Waals surface area contributed by atoms with E-state index in [0.717, 1.165) is 30.5 Å². The lowest BCUT2D eigenvalue weighted by atomic mass is 9.93. The van der Waals surface area contributed by atoms with Crippen LogP contribution in [0.4, 0.5) is 23.2 Å². The Balaban J connectivity index is 1.61. The van der Waals surface area contributed by atoms with Gasteiger partial charge in [0.2, 0.25) is 5.91 Å². The van der Waals surface area contributed by atoms with Crippen molar-refractivity contribution < 1.29 is 36.6 Å². The fourth-order valence-electron chi connectivity index (χ4n) is 5.52. The molecule has 0 aromatic heterocycles. The van der Waals surface area contributed by atoms with E-state index in [1.807, 2.05) is 6.07 Å². The van der Waals surface area contributed by atoms with E-state index in [1.54, 1.807) is 36.1 Å². The maximum atomic E-state index is 13.8. The van der Waals surface area contributed by atoms with E-state index >= 15 is 0 Å². The molecule has 0 bridgehead atoms. The lowest BCUT2D eigenvalue weighted by molar-refractivity contribution is -0.137. The van der Waals surface area contributed by atoms with Gasteiger partial charge in [-0.05, 0) is 110 Å². The Labute approximate surface area is 241 Å². The molecule has 0 saturated carbocycles. The summed E-state index contributed by atoms with van der Waals surface area (Å²) in [4.78, 5) is 27.2. The van der Waals surface area contributed by atoms with Crippen LogP contribution in [0.15, 0.2) is 60.7 Å². The van der Waals surface area contributed by atoms with E-state index < -0.39 is 23.5 Å². The molecule has 9 heteroatoms. The molecule has 5 rings (SSSR count). The van der Waals surface area contributed by atoms with Crippen molar-refractivity contribution in [2.24, 2.45) is 0 Å². The van der Waals surface area contributed by atoms with Gasteiger partial charge in [0.25, 0.3) is 0 Å². The molecule has 0 unspecified atom stereocenters. The largest absolute Gasteiger partial charge is 0.488 e. The quantitative estimate of drug-likeness (QED) is 0.199. The van der Waals surface area contributed by atoms with Gasteiger partial charge in [-0.2, -0.15) is 13.2 Å². The summed E-state index contributed by atoms with van der Waals surface area (Å²) in [6.07, 6.45) is -0.752. The van der Waals surface area contributed by atoms with Crippen molar-refractivity contribution in [3.63, 3.8) is 0 Å². The first-order chi connectivity index (χ1) is 20.1. The van der Waals surface area contributed by atoms with Crippen LogP contribution in [-0.4, -0.2) is 25.0 Å². The van der Waals surface area contributed by atoms with E-state index in [1.165, 1.54) is 18.2 Å². The molecule has 2 aliphatic rings. The van der Waals surface area contributed by atoms with Gasteiger partial charge in [0.15, 0.2) is 0 Å². The molecular weight excluding hydrogens is 550 g/mol. The molecule has 1 heterocycles. The number of halogens is 4. The van der Waals surface area contributed by atoms with E-state index in [4.69, 9.17) is 9.47 Å². The number of esters is 1. The number of piperidine rings is 1. The van der Waals surface area contributed by atoms with Gasteiger partial charge >= 0.3 is 12.1 Å². The van der Waals surface area contributed by atoms with Gasteiger partial charge in [-0.15, -0.1) is 0 Å². The Morgan fingerprint density at radius 1 is 0.905 bits per heavy atom. The van der Waals surface area contributed by atoms with Crippen LogP contribution in [0.1, 0.15) is 78.1 Å². The van der Waals surface area contributed by atoms with Crippen LogP contribution in [-0.2, 0) is 22.3 Å². The van der Waals surface area contributed by atoms with Gasteiger partial charge in [0, 0.05) is 24.2 Å². The number of amides is 1. The standard InChI is InChI=1S/C33H31F4NO4/c1-2-41-32(40)23-16-22(17-26(18-23)38-15-4-3-8-31(38)39)27-6-5-7-28(27)29-19-24(33(35,36)37)11-14-30(29)42-20-21-9-12-25(34)13-10-21/h9-14,16-19H,2-8,15,20H2,1H3. The number of carbonyl (C=O) groups excluding carboxylic acids is 2. The second-order valence-electron chi connectivity index (χ2n) is 10.4. The Morgan fingerprint density at radius 2 is 1.67 bits per heavy atom. The molecule has 0 radical (unpaired) electrons. The zero-order valence-corrected chi connectivity index (χ0v) is 23.2. The first-order valence-corrected chi connectivity index (χ1v) is 14.1. The number of hydrogen-bond acceptors (Lipinski definition) is 4. The fourth-order valence-corrected chi connectivity index (χ4v) is 5.52. The maximum absolute atomic E-state index is 13.8. The molecule has 0 spiro atoms. The van der Waals surface area contributed by atoms with Gasteiger partial charge in [0.05, 0.1) is 17.7 Å². The van der Waals surface area contributed by atoms with Crippen molar-refractivity contribution in [1.82, 2.24) is 0 Å². The third kappa shape index (κ3) is 6.50. The van der Waals surface area contributed by atoms with E-state index in [2.05, 4.69) is 0 Å². The van der Waals surface area contributed by atoms with Gasteiger partial charge in [-0.1, -0.05) is 12.1 Å². The zero-order valence-electron chi connectivity index (χ0n) is 23.2. The van der Waals surface area contributed by atoms with Crippen LogP contribution in [0.25, 0.3) is 11.1 Å². The average molecular weight is 582 g/mol. The first kappa shape index (κ1) is 29.4. The van der Waals surface area contributed by atoms with Crippen LogP contribution < -0.4 is 9.64 Å². The second-order valence-corrected chi connectivity index (χ2v) is 10.4. The van der Waals surface area contributed by atoms with E-state index in [-0.39, 0.29) is 30.4 Å². The monoisotopic (exact) mass is 581 g/mol. The normalized spacial score (nSPS) is 15.7. The summed E-state index contributed by atoms with van der Waals surface area (Å²) in [5.74, 6) is -0.698. The highest BCUT2D eigenvalue weighted by Gasteiger charge is 2.33. The van der Waals surface area contributed by atoms with Crippen molar-refractivity contribution in [3.8, 4) is 5.75 Å². The predicted molar refractivity (Wildman–Crippen MR) is 151 cm³/mol. The molecule has 3 aromatic carbocycles. The number of ether oxygens (including phenoxy) is 2. The number of anilines is 1. The van der Waals surface area contributed by atoms with Gasteiger partial charge in [-0.25, -0.2) is 9.18 Å². The lowest BCUT2D eigenvalue weighted by Gasteiger charge is -2.28. The highest BCUT2D eigenvalue weighted by molar-refractivity contribution is 6.00. The van der Waals surface area contributed by atoms with Crippen LogP contribution in [0.5, 0.6) is 5.75 Å². The summed E-state index contributed by atoms with van der Waals surface area (Å²) in [5.41, 5.74) is 3.16. The van der Waals surface area contributed by atoms with Crippen molar-refractivity contribution in [2.75, 3.05) is 18.1 Å². The lowest BCUT2D eigenvalue weighted by Crippen LogP contribution is -2.35. The van der Waals surface area contributed by atoms with E-state index in [9.17, 15) is 27.2 Å². The van der Waals surface area contributed by atoms with Crippen LogP contribution in [0.3, 0.4) is 0 Å². The SMILES string of the molecule is CCOC(=O)c1cc(C2=C(c3cc(C(F)(F)F)ccc3OCc3ccc(F)cc3)CCC2)cc(N2CCCCC2=O)c1. The van der Waals surface area contributed by atoms with Gasteiger partial charge in [-0.3, -0.25) is 4.79 Å². The summed E-state index contributed by atoms with van der Waals surface area (Å²) in [7, 11) is 0. The minimum atomic E-state index is -4.56. The fraction of sp³-hybridized carbons (Fsp3) is 0.333. The van der Waals surface area contributed by atoms with Crippen LogP contribution in [0.2, 0.25) is 0 Å². The Hall–Kier alpha value is -4.14. The molecule has 0 N–H and O–H groups in total. The number of rotatable bonds is 8. The molecule has 220 valence electrons. The summed E-state index contributed by atoms with van der Waals surface area (Å²) >= 11 is 0. The highest BCUT2D eigenvalue weighted by atomic mass is 19.4. The van der Waals surface area contributed by atoms with Crippen molar-refractivity contribution >= 4 is 28.7 Å². The average Bonchev–Trinajstić information content (AvgIpc) is 3.46. The van der Waals surface area contributed by atoms with E-state index in [0.29, 0.717) is 60.2 Å². The molecular formula is C33H31F4NO4. The topological polar surface area (TPSA) is 55.8 Å². The van der Waals surface area contributed by atoms with Crippen LogP contribution in [0, 0.1) is 5.82 Å².